The molecule has 1 aromatic carbocycles. The number of hydrogen-bond acceptors (Lipinski definition) is 2. The Morgan fingerprint density at radius 3 is 3.00 bits per heavy atom. The highest BCUT2D eigenvalue weighted by Gasteiger charge is 2.33. The Labute approximate surface area is 100 Å². The van der Waals surface area contributed by atoms with Gasteiger partial charge >= 0.3 is 0 Å². The minimum Gasteiger partial charge on any atom is -0.334 e. The van der Waals surface area contributed by atoms with E-state index in [0.29, 0.717) is 12.5 Å². The van der Waals surface area contributed by atoms with Gasteiger partial charge in [-0.05, 0) is 30.0 Å². The second-order valence-corrected chi connectivity index (χ2v) is 4.66. The molecule has 0 aliphatic carbocycles. The van der Waals surface area contributed by atoms with E-state index in [9.17, 15) is 9.18 Å². The molecule has 0 aromatic heterocycles. The molecule has 0 bridgehead atoms. The molecule has 0 spiro atoms. The molecular formula is C13H17FN2O. The summed E-state index contributed by atoms with van der Waals surface area (Å²) in [5.74, 6) is 0.101. The predicted molar refractivity (Wildman–Crippen MR) is 63.7 cm³/mol. The van der Waals surface area contributed by atoms with E-state index < -0.39 is 0 Å². The third kappa shape index (κ3) is 2.47. The van der Waals surface area contributed by atoms with Crippen LogP contribution in [0.15, 0.2) is 24.3 Å². The van der Waals surface area contributed by atoms with Gasteiger partial charge in [0, 0.05) is 6.54 Å². The van der Waals surface area contributed by atoms with Gasteiger partial charge in [0.2, 0.25) is 5.91 Å². The Bertz CT molecular complexity index is 422. The van der Waals surface area contributed by atoms with Gasteiger partial charge in [-0.15, -0.1) is 0 Å². The number of carbonyl (C=O) groups excluding carboxylic acids is 1. The quantitative estimate of drug-likeness (QED) is 0.849. The lowest BCUT2D eigenvalue weighted by atomic mass is 10.0. The van der Waals surface area contributed by atoms with Crippen LogP contribution in [-0.4, -0.2) is 23.9 Å². The van der Waals surface area contributed by atoms with E-state index in [2.05, 4.69) is 6.92 Å². The molecule has 1 aromatic rings. The van der Waals surface area contributed by atoms with Gasteiger partial charge in [-0.2, -0.15) is 0 Å². The number of nitrogens with zero attached hydrogens (tertiary/aromatic N) is 1. The number of amides is 1. The molecule has 3 nitrogen and oxygen atoms in total. The van der Waals surface area contributed by atoms with Crippen LogP contribution < -0.4 is 5.73 Å². The maximum atomic E-state index is 13.2. The average molecular weight is 236 g/mol. The zero-order valence-electron chi connectivity index (χ0n) is 9.90. The van der Waals surface area contributed by atoms with Crippen LogP contribution in [-0.2, 0) is 4.79 Å². The van der Waals surface area contributed by atoms with Gasteiger partial charge in [-0.25, -0.2) is 4.39 Å². The average Bonchev–Trinajstić information content (AvgIpc) is 2.70. The summed E-state index contributed by atoms with van der Waals surface area (Å²) in [7, 11) is 0. The first kappa shape index (κ1) is 12.0. The fourth-order valence-electron chi connectivity index (χ4n) is 2.47. The van der Waals surface area contributed by atoms with Crippen molar-refractivity contribution in [2.24, 2.45) is 11.7 Å². The number of benzene rings is 1. The predicted octanol–water partition coefficient (Wildman–Crippen LogP) is 1.69. The monoisotopic (exact) mass is 236 g/mol. The van der Waals surface area contributed by atoms with Crippen LogP contribution in [0.2, 0.25) is 0 Å². The maximum Gasteiger partial charge on any atom is 0.236 e. The molecule has 1 aliphatic rings. The standard InChI is InChI=1S/C13H17FN2O/c1-9-5-12(16(8-9)13(17)7-15)10-3-2-4-11(14)6-10/h2-4,6,9,12H,5,7-8,15H2,1H3. The van der Waals surface area contributed by atoms with Crippen LogP contribution in [0.5, 0.6) is 0 Å². The molecule has 1 saturated heterocycles. The van der Waals surface area contributed by atoms with Crippen molar-refractivity contribution in [3.63, 3.8) is 0 Å². The van der Waals surface area contributed by atoms with Crippen LogP contribution in [0.1, 0.15) is 24.9 Å². The summed E-state index contributed by atoms with van der Waals surface area (Å²) in [5, 5.41) is 0. The topological polar surface area (TPSA) is 46.3 Å². The smallest absolute Gasteiger partial charge is 0.236 e. The fourth-order valence-corrected chi connectivity index (χ4v) is 2.47. The first-order chi connectivity index (χ1) is 8.11. The SMILES string of the molecule is CC1CC(c2cccc(F)c2)N(C(=O)CN)C1. The third-order valence-corrected chi connectivity index (χ3v) is 3.24. The summed E-state index contributed by atoms with van der Waals surface area (Å²) in [4.78, 5) is 13.5. The molecule has 0 radical (unpaired) electrons. The van der Waals surface area contributed by atoms with Gasteiger partial charge in [-0.3, -0.25) is 4.79 Å². The first-order valence-electron chi connectivity index (χ1n) is 5.87. The molecule has 17 heavy (non-hydrogen) atoms. The molecule has 1 aliphatic heterocycles. The van der Waals surface area contributed by atoms with Crippen LogP contribution in [0.25, 0.3) is 0 Å². The Kier molecular flexibility index (Phi) is 3.43. The largest absolute Gasteiger partial charge is 0.334 e. The van der Waals surface area contributed by atoms with Crippen LogP contribution in [0.3, 0.4) is 0 Å². The Hall–Kier alpha value is -1.42. The Morgan fingerprint density at radius 2 is 2.35 bits per heavy atom. The Morgan fingerprint density at radius 1 is 1.59 bits per heavy atom. The van der Waals surface area contributed by atoms with E-state index >= 15 is 0 Å². The molecule has 2 atom stereocenters. The van der Waals surface area contributed by atoms with E-state index in [4.69, 9.17) is 5.73 Å². The van der Waals surface area contributed by atoms with Crippen molar-refractivity contribution >= 4 is 5.91 Å². The second-order valence-electron chi connectivity index (χ2n) is 4.66. The van der Waals surface area contributed by atoms with E-state index in [1.807, 2.05) is 6.07 Å². The van der Waals surface area contributed by atoms with Crippen LogP contribution in [0, 0.1) is 11.7 Å². The molecule has 1 amide bonds. The van der Waals surface area contributed by atoms with Crippen LogP contribution in [0.4, 0.5) is 4.39 Å². The van der Waals surface area contributed by atoms with Crippen molar-refractivity contribution in [2.75, 3.05) is 13.1 Å². The molecular weight excluding hydrogens is 219 g/mol. The fraction of sp³-hybridized carbons (Fsp3) is 0.462. The molecule has 2 unspecified atom stereocenters. The molecule has 2 rings (SSSR count). The van der Waals surface area contributed by atoms with E-state index in [1.54, 1.807) is 11.0 Å². The van der Waals surface area contributed by atoms with E-state index in [0.717, 1.165) is 12.0 Å². The number of nitrogens with two attached hydrogens (primary N) is 1. The number of halogens is 1. The van der Waals surface area contributed by atoms with Crippen molar-refractivity contribution in [3.05, 3.63) is 35.6 Å². The second kappa shape index (κ2) is 4.84. The lowest BCUT2D eigenvalue weighted by Crippen LogP contribution is -2.35. The van der Waals surface area contributed by atoms with Crippen molar-refractivity contribution < 1.29 is 9.18 Å². The summed E-state index contributed by atoms with van der Waals surface area (Å²) in [6.07, 6.45) is 0.870. The number of rotatable bonds is 2. The summed E-state index contributed by atoms with van der Waals surface area (Å²) in [5.41, 5.74) is 6.26. The normalized spacial score (nSPS) is 24.1. The molecule has 2 N–H and O–H groups in total. The molecule has 1 fully saturated rings. The van der Waals surface area contributed by atoms with Crippen molar-refractivity contribution in [1.29, 1.82) is 0 Å². The number of carbonyl (C=O) groups is 1. The van der Waals surface area contributed by atoms with E-state index in [-0.39, 0.29) is 24.3 Å². The molecule has 1 heterocycles. The maximum absolute atomic E-state index is 13.2. The number of likely N-dealkylation sites (tertiary alicyclic amines) is 1. The zero-order chi connectivity index (χ0) is 12.4. The highest BCUT2D eigenvalue weighted by molar-refractivity contribution is 5.78. The molecule has 92 valence electrons. The first-order valence-corrected chi connectivity index (χ1v) is 5.87. The highest BCUT2D eigenvalue weighted by Crippen LogP contribution is 2.35. The zero-order valence-corrected chi connectivity index (χ0v) is 9.90. The van der Waals surface area contributed by atoms with Crippen molar-refractivity contribution in [3.8, 4) is 0 Å². The third-order valence-electron chi connectivity index (χ3n) is 3.24. The summed E-state index contributed by atoms with van der Waals surface area (Å²) >= 11 is 0. The number of hydrogen-bond donors (Lipinski definition) is 1. The molecule has 4 heteroatoms. The van der Waals surface area contributed by atoms with Gasteiger partial charge in [0.05, 0.1) is 12.6 Å². The summed E-state index contributed by atoms with van der Waals surface area (Å²) in [6, 6.07) is 6.43. The minimum absolute atomic E-state index is 0.0124. The van der Waals surface area contributed by atoms with Crippen LogP contribution >= 0.6 is 0 Å². The lowest BCUT2D eigenvalue weighted by Gasteiger charge is -2.24. The Balaban J connectivity index is 2.26. The van der Waals surface area contributed by atoms with Gasteiger partial charge in [0.25, 0.3) is 0 Å². The molecule has 0 saturated carbocycles. The van der Waals surface area contributed by atoms with Gasteiger partial charge < -0.3 is 10.6 Å². The van der Waals surface area contributed by atoms with Gasteiger partial charge in [0.1, 0.15) is 5.82 Å². The lowest BCUT2D eigenvalue weighted by molar-refractivity contribution is -0.130. The van der Waals surface area contributed by atoms with Gasteiger partial charge in [0.15, 0.2) is 0 Å². The highest BCUT2D eigenvalue weighted by atomic mass is 19.1. The van der Waals surface area contributed by atoms with Crippen molar-refractivity contribution in [2.45, 2.75) is 19.4 Å². The minimum atomic E-state index is -0.262. The van der Waals surface area contributed by atoms with Gasteiger partial charge in [-0.1, -0.05) is 19.1 Å². The summed E-state index contributed by atoms with van der Waals surface area (Å²) < 4.78 is 13.2. The summed E-state index contributed by atoms with van der Waals surface area (Å²) in [6.45, 7) is 2.81. The van der Waals surface area contributed by atoms with Crippen molar-refractivity contribution in [1.82, 2.24) is 4.90 Å². The van der Waals surface area contributed by atoms with E-state index in [1.165, 1.54) is 12.1 Å².